The Morgan fingerprint density at radius 1 is 1.44 bits per heavy atom. The van der Waals surface area contributed by atoms with Crippen LogP contribution in [-0.4, -0.2) is 28.4 Å². The molecule has 0 atom stereocenters. The van der Waals surface area contributed by atoms with Gasteiger partial charge in [0.15, 0.2) is 0 Å². The molecule has 1 aliphatic heterocycles. The summed E-state index contributed by atoms with van der Waals surface area (Å²) in [7, 11) is 0. The molecule has 0 N–H and O–H groups in total. The van der Waals surface area contributed by atoms with Crippen molar-refractivity contribution in [2.75, 3.05) is 13.2 Å². The van der Waals surface area contributed by atoms with Crippen LogP contribution in [0.2, 0.25) is 5.15 Å². The van der Waals surface area contributed by atoms with Crippen LogP contribution in [0.1, 0.15) is 25.6 Å². The molecule has 5 heteroatoms. The van der Waals surface area contributed by atoms with Gasteiger partial charge in [-0.2, -0.15) is 0 Å². The van der Waals surface area contributed by atoms with E-state index in [2.05, 4.69) is 9.97 Å². The number of hydrogen-bond donors (Lipinski definition) is 0. The Labute approximate surface area is 105 Å². The van der Waals surface area contributed by atoms with Crippen LogP contribution >= 0.6 is 23.4 Å². The van der Waals surface area contributed by atoms with E-state index in [4.69, 9.17) is 16.3 Å². The molecule has 0 unspecified atom stereocenters. The second-order valence-corrected chi connectivity index (χ2v) is 5.44. The first-order valence-corrected chi connectivity index (χ1v) is 6.81. The lowest BCUT2D eigenvalue weighted by Gasteiger charge is -2.21. The summed E-state index contributed by atoms with van der Waals surface area (Å²) < 4.78 is 5.33. The molecule has 88 valence electrons. The molecule has 16 heavy (non-hydrogen) atoms. The second-order valence-electron chi connectivity index (χ2n) is 3.73. The summed E-state index contributed by atoms with van der Waals surface area (Å²) in [6.45, 7) is 3.75. The largest absolute Gasteiger partial charge is 0.381 e. The third-order valence-electron chi connectivity index (χ3n) is 2.49. The van der Waals surface area contributed by atoms with Gasteiger partial charge in [0.05, 0.1) is 0 Å². The first-order chi connectivity index (χ1) is 7.78. The van der Waals surface area contributed by atoms with Crippen molar-refractivity contribution >= 4 is 23.4 Å². The monoisotopic (exact) mass is 258 g/mol. The maximum atomic E-state index is 5.96. The highest BCUT2D eigenvalue weighted by atomic mass is 35.5. The lowest BCUT2D eigenvalue weighted by atomic mass is 10.2. The number of aromatic nitrogens is 2. The molecule has 1 aliphatic rings. The molecular weight excluding hydrogens is 244 g/mol. The van der Waals surface area contributed by atoms with Crippen LogP contribution in [0.15, 0.2) is 11.1 Å². The summed E-state index contributed by atoms with van der Waals surface area (Å²) in [4.78, 5) is 8.63. The molecule has 1 fully saturated rings. The molecule has 2 heterocycles. The highest BCUT2D eigenvalue weighted by molar-refractivity contribution is 7.99. The number of halogens is 1. The van der Waals surface area contributed by atoms with Crippen LogP contribution in [-0.2, 0) is 11.2 Å². The molecule has 0 spiro atoms. The molecule has 3 nitrogen and oxygen atoms in total. The number of thioether (sulfide) groups is 1. The zero-order valence-corrected chi connectivity index (χ0v) is 10.9. The van der Waals surface area contributed by atoms with Gasteiger partial charge < -0.3 is 4.74 Å². The van der Waals surface area contributed by atoms with Crippen molar-refractivity contribution in [3.05, 3.63) is 17.0 Å². The summed E-state index contributed by atoms with van der Waals surface area (Å²) in [5, 5.41) is 2.13. The van der Waals surface area contributed by atoms with Gasteiger partial charge in [0.2, 0.25) is 0 Å². The first-order valence-electron chi connectivity index (χ1n) is 5.56. The summed E-state index contributed by atoms with van der Waals surface area (Å²) in [6, 6.07) is 1.85. The molecule has 1 aromatic heterocycles. The molecule has 0 bridgehead atoms. The van der Waals surface area contributed by atoms with Gasteiger partial charge in [-0.15, -0.1) is 11.8 Å². The Kier molecular flexibility index (Phi) is 4.44. The minimum Gasteiger partial charge on any atom is -0.381 e. The smallest absolute Gasteiger partial charge is 0.133 e. The molecule has 0 radical (unpaired) electrons. The van der Waals surface area contributed by atoms with E-state index < -0.39 is 0 Å². The Morgan fingerprint density at radius 3 is 2.88 bits per heavy atom. The number of rotatable bonds is 3. The molecule has 0 aromatic carbocycles. The fourth-order valence-electron chi connectivity index (χ4n) is 1.62. The van der Waals surface area contributed by atoms with Gasteiger partial charge in [0.1, 0.15) is 16.0 Å². The van der Waals surface area contributed by atoms with Gasteiger partial charge in [0, 0.05) is 31.0 Å². The van der Waals surface area contributed by atoms with Crippen molar-refractivity contribution in [2.45, 2.75) is 36.5 Å². The lowest BCUT2D eigenvalue weighted by molar-refractivity contribution is 0.1000. The van der Waals surface area contributed by atoms with Crippen molar-refractivity contribution in [3.63, 3.8) is 0 Å². The average Bonchev–Trinajstić information content (AvgIpc) is 2.29. The quantitative estimate of drug-likeness (QED) is 0.781. The summed E-state index contributed by atoms with van der Waals surface area (Å²) >= 11 is 7.75. The Hall–Kier alpha value is -0.320. The molecule has 1 saturated heterocycles. The molecular formula is C11H15ClN2OS. The normalized spacial score (nSPS) is 17.6. The van der Waals surface area contributed by atoms with E-state index in [9.17, 15) is 0 Å². The zero-order valence-electron chi connectivity index (χ0n) is 9.28. The predicted octanol–water partition coefficient (Wildman–Crippen LogP) is 2.96. The summed E-state index contributed by atoms with van der Waals surface area (Å²) in [5.74, 6) is 0.821. The van der Waals surface area contributed by atoms with Gasteiger partial charge in [-0.05, 0) is 12.8 Å². The number of aryl methyl sites for hydroxylation is 1. The Balaban J connectivity index is 2.04. The van der Waals surface area contributed by atoms with Crippen LogP contribution in [0, 0.1) is 0 Å². The highest BCUT2D eigenvalue weighted by Crippen LogP contribution is 2.29. The van der Waals surface area contributed by atoms with Gasteiger partial charge in [0.25, 0.3) is 0 Å². The van der Waals surface area contributed by atoms with Crippen molar-refractivity contribution < 1.29 is 4.74 Å². The van der Waals surface area contributed by atoms with Gasteiger partial charge in [-0.3, -0.25) is 0 Å². The van der Waals surface area contributed by atoms with E-state index in [0.29, 0.717) is 10.4 Å². The fraction of sp³-hybridized carbons (Fsp3) is 0.636. The van der Waals surface area contributed by atoms with E-state index >= 15 is 0 Å². The first kappa shape index (κ1) is 12.1. The van der Waals surface area contributed by atoms with Crippen molar-refractivity contribution in [1.29, 1.82) is 0 Å². The van der Waals surface area contributed by atoms with Gasteiger partial charge in [-0.1, -0.05) is 18.5 Å². The van der Waals surface area contributed by atoms with Crippen molar-refractivity contribution in [2.24, 2.45) is 0 Å². The van der Waals surface area contributed by atoms with Gasteiger partial charge >= 0.3 is 0 Å². The molecule has 2 rings (SSSR count). The van der Waals surface area contributed by atoms with E-state index in [0.717, 1.165) is 43.3 Å². The van der Waals surface area contributed by atoms with Crippen LogP contribution in [0.5, 0.6) is 0 Å². The molecule has 1 aromatic rings. The SMILES string of the molecule is CCc1nc(Cl)cc(SC2CCOCC2)n1. The number of ether oxygens (including phenoxy) is 1. The van der Waals surface area contributed by atoms with Crippen molar-refractivity contribution in [3.8, 4) is 0 Å². The maximum absolute atomic E-state index is 5.96. The molecule has 0 saturated carbocycles. The Bertz CT molecular complexity index is 356. The van der Waals surface area contributed by atoms with E-state index in [1.807, 2.05) is 13.0 Å². The lowest BCUT2D eigenvalue weighted by Crippen LogP contribution is -2.17. The van der Waals surface area contributed by atoms with Gasteiger partial charge in [-0.25, -0.2) is 9.97 Å². The number of nitrogens with zero attached hydrogens (tertiary/aromatic N) is 2. The predicted molar refractivity (Wildman–Crippen MR) is 66.1 cm³/mol. The zero-order chi connectivity index (χ0) is 11.4. The van der Waals surface area contributed by atoms with E-state index in [1.54, 1.807) is 11.8 Å². The highest BCUT2D eigenvalue weighted by Gasteiger charge is 2.16. The minimum absolute atomic E-state index is 0.543. The van der Waals surface area contributed by atoms with Crippen LogP contribution < -0.4 is 0 Å². The maximum Gasteiger partial charge on any atom is 0.133 e. The third kappa shape index (κ3) is 3.34. The summed E-state index contributed by atoms with van der Waals surface area (Å²) in [5.41, 5.74) is 0. The molecule has 0 amide bonds. The van der Waals surface area contributed by atoms with Crippen LogP contribution in [0.4, 0.5) is 0 Å². The van der Waals surface area contributed by atoms with Crippen LogP contribution in [0.25, 0.3) is 0 Å². The molecule has 0 aliphatic carbocycles. The van der Waals surface area contributed by atoms with E-state index in [1.165, 1.54) is 0 Å². The van der Waals surface area contributed by atoms with Crippen molar-refractivity contribution in [1.82, 2.24) is 9.97 Å². The van der Waals surface area contributed by atoms with Crippen LogP contribution in [0.3, 0.4) is 0 Å². The third-order valence-corrected chi connectivity index (χ3v) is 3.94. The summed E-state index contributed by atoms with van der Waals surface area (Å²) in [6.07, 6.45) is 3.00. The number of hydrogen-bond acceptors (Lipinski definition) is 4. The average molecular weight is 259 g/mol. The topological polar surface area (TPSA) is 35.0 Å². The minimum atomic E-state index is 0.543. The Morgan fingerprint density at radius 2 is 2.19 bits per heavy atom. The standard InChI is InChI=1S/C11H15ClN2OS/c1-2-10-13-9(12)7-11(14-10)16-8-3-5-15-6-4-8/h7-8H,2-6H2,1H3. The fourth-order valence-corrected chi connectivity index (χ4v) is 3.00. The second kappa shape index (κ2) is 5.84. The van der Waals surface area contributed by atoms with E-state index in [-0.39, 0.29) is 0 Å².